The summed E-state index contributed by atoms with van der Waals surface area (Å²) in [5.74, 6) is -0.387. The first kappa shape index (κ1) is 25.6. The van der Waals surface area contributed by atoms with Crippen molar-refractivity contribution < 1.29 is 28.6 Å². The lowest BCUT2D eigenvalue weighted by Crippen LogP contribution is -2.43. The van der Waals surface area contributed by atoms with Crippen LogP contribution >= 0.6 is 0 Å². The van der Waals surface area contributed by atoms with E-state index in [0.29, 0.717) is 32.8 Å². The quantitative estimate of drug-likeness (QED) is 0.362. The SMILES string of the molecule is COC(=O)[C@H]1C[C@@H]2[C@@H](OCc3ccccc3)[C@H](OCc3ccccc3)[C@@H](COCc3ccccc3)N2O1. The van der Waals surface area contributed by atoms with Crippen molar-refractivity contribution in [3.8, 4) is 0 Å². The van der Waals surface area contributed by atoms with Crippen LogP contribution in [0, 0.1) is 0 Å². The molecular formula is C30H33NO6. The van der Waals surface area contributed by atoms with Gasteiger partial charge in [-0.1, -0.05) is 91.0 Å². The van der Waals surface area contributed by atoms with Gasteiger partial charge in [-0.3, -0.25) is 4.84 Å². The number of benzene rings is 3. The fourth-order valence-corrected chi connectivity index (χ4v) is 5.03. The zero-order valence-corrected chi connectivity index (χ0v) is 21.0. The first-order chi connectivity index (χ1) is 18.2. The smallest absolute Gasteiger partial charge is 0.337 e. The first-order valence-corrected chi connectivity index (χ1v) is 12.7. The Hall–Kier alpha value is -3.07. The number of carbonyl (C=O) groups is 1. The highest BCUT2D eigenvalue weighted by Crippen LogP contribution is 2.39. The molecule has 5 rings (SSSR count). The maximum Gasteiger partial charge on any atom is 0.337 e. The third-order valence-electron chi connectivity index (χ3n) is 6.88. The van der Waals surface area contributed by atoms with Crippen molar-refractivity contribution in [3.05, 3.63) is 108 Å². The summed E-state index contributed by atoms with van der Waals surface area (Å²) in [6.07, 6.45) is -0.844. The third kappa shape index (κ3) is 6.26. The maximum atomic E-state index is 12.4. The van der Waals surface area contributed by atoms with Crippen molar-refractivity contribution in [2.24, 2.45) is 0 Å². The Bertz CT molecular complexity index is 1110. The summed E-state index contributed by atoms with van der Waals surface area (Å²) < 4.78 is 24.2. The molecule has 0 unspecified atom stereocenters. The van der Waals surface area contributed by atoms with Crippen LogP contribution in [0.3, 0.4) is 0 Å². The van der Waals surface area contributed by atoms with Gasteiger partial charge in [0.25, 0.3) is 0 Å². The summed E-state index contributed by atoms with van der Waals surface area (Å²) in [6.45, 7) is 1.70. The Balaban J connectivity index is 1.36. The monoisotopic (exact) mass is 503 g/mol. The second-order valence-electron chi connectivity index (χ2n) is 9.37. The predicted octanol–water partition coefficient (Wildman–Crippen LogP) is 4.30. The van der Waals surface area contributed by atoms with Gasteiger partial charge in [0.05, 0.1) is 45.6 Å². The molecule has 2 fully saturated rings. The van der Waals surface area contributed by atoms with Crippen molar-refractivity contribution in [2.75, 3.05) is 13.7 Å². The Kier molecular flexibility index (Phi) is 8.61. The van der Waals surface area contributed by atoms with Crippen molar-refractivity contribution in [1.82, 2.24) is 5.06 Å². The van der Waals surface area contributed by atoms with Crippen LogP contribution in [-0.2, 0) is 48.4 Å². The molecule has 0 amide bonds. The van der Waals surface area contributed by atoms with Crippen LogP contribution in [0.2, 0.25) is 0 Å². The summed E-state index contributed by atoms with van der Waals surface area (Å²) >= 11 is 0. The van der Waals surface area contributed by atoms with Crippen LogP contribution in [0.15, 0.2) is 91.0 Å². The molecule has 2 aliphatic rings. The van der Waals surface area contributed by atoms with E-state index in [2.05, 4.69) is 0 Å². The minimum Gasteiger partial charge on any atom is -0.467 e. The van der Waals surface area contributed by atoms with Gasteiger partial charge in [-0.2, -0.15) is 5.06 Å². The molecule has 37 heavy (non-hydrogen) atoms. The molecule has 194 valence electrons. The molecule has 0 spiro atoms. The summed E-state index contributed by atoms with van der Waals surface area (Å²) in [5.41, 5.74) is 3.24. The van der Waals surface area contributed by atoms with Crippen LogP contribution in [-0.4, -0.2) is 55.1 Å². The molecule has 3 aromatic rings. The molecule has 7 nitrogen and oxygen atoms in total. The highest BCUT2D eigenvalue weighted by atomic mass is 16.7. The minimum absolute atomic E-state index is 0.168. The van der Waals surface area contributed by atoms with E-state index < -0.39 is 6.10 Å². The Morgan fingerprint density at radius 1 is 0.784 bits per heavy atom. The summed E-state index contributed by atoms with van der Waals surface area (Å²) in [4.78, 5) is 18.5. The molecule has 7 heteroatoms. The predicted molar refractivity (Wildman–Crippen MR) is 137 cm³/mol. The largest absolute Gasteiger partial charge is 0.467 e. The maximum absolute atomic E-state index is 12.4. The van der Waals surface area contributed by atoms with Crippen molar-refractivity contribution in [3.63, 3.8) is 0 Å². The summed E-state index contributed by atoms with van der Waals surface area (Å²) in [5, 5.41) is 1.86. The number of carbonyl (C=O) groups excluding carboxylic acids is 1. The van der Waals surface area contributed by atoms with Gasteiger partial charge in [-0.15, -0.1) is 0 Å². The van der Waals surface area contributed by atoms with Crippen molar-refractivity contribution >= 4 is 5.97 Å². The fourth-order valence-electron chi connectivity index (χ4n) is 5.03. The van der Waals surface area contributed by atoms with Crippen molar-refractivity contribution in [1.29, 1.82) is 0 Å². The van der Waals surface area contributed by atoms with Crippen LogP contribution in [0.4, 0.5) is 0 Å². The Morgan fingerprint density at radius 2 is 1.30 bits per heavy atom. The van der Waals surface area contributed by atoms with Gasteiger partial charge in [0.1, 0.15) is 12.2 Å². The molecule has 5 atom stereocenters. The normalized spacial score (nSPS) is 25.2. The first-order valence-electron chi connectivity index (χ1n) is 12.7. The van der Waals surface area contributed by atoms with E-state index >= 15 is 0 Å². The number of nitrogens with zero attached hydrogens (tertiary/aromatic N) is 1. The number of esters is 1. The van der Waals surface area contributed by atoms with Crippen LogP contribution in [0.25, 0.3) is 0 Å². The van der Waals surface area contributed by atoms with E-state index in [9.17, 15) is 4.79 Å². The number of hydrogen-bond donors (Lipinski definition) is 0. The lowest BCUT2D eigenvalue weighted by molar-refractivity contribution is -0.207. The average Bonchev–Trinajstić information content (AvgIpc) is 3.50. The van der Waals surface area contributed by atoms with E-state index in [1.165, 1.54) is 7.11 Å². The number of methoxy groups -OCH3 is 1. The molecule has 0 saturated carbocycles. The zero-order valence-electron chi connectivity index (χ0n) is 21.0. The molecule has 0 aromatic heterocycles. The molecule has 0 radical (unpaired) electrons. The van der Waals surface area contributed by atoms with E-state index in [4.69, 9.17) is 23.8 Å². The average molecular weight is 504 g/mol. The molecule has 2 saturated heterocycles. The topological polar surface area (TPSA) is 66.5 Å². The van der Waals surface area contributed by atoms with Gasteiger partial charge in [0.15, 0.2) is 6.10 Å². The Morgan fingerprint density at radius 3 is 1.84 bits per heavy atom. The number of fused-ring (bicyclic) bond motifs is 1. The lowest BCUT2D eigenvalue weighted by Gasteiger charge is -2.28. The number of rotatable bonds is 11. The van der Waals surface area contributed by atoms with Gasteiger partial charge < -0.3 is 18.9 Å². The number of hydrogen-bond acceptors (Lipinski definition) is 7. The van der Waals surface area contributed by atoms with Gasteiger partial charge >= 0.3 is 5.97 Å². The molecule has 0 aliphatic carbocycles. The molecular weight excluding hydrogens is 470 g/mol. The highest BCUT2D eigenvalue weighted by molar-refractivity contribution is 5.74. The molecule has 2 aliphatic heterocycles. The van der Waals surface area contributed by atoms with E-state index in [1.807, 2.05) is 96.1 Å². The van der Waals surface area contributed by atoms with Gasteiger partial charge in [0.2, 0.25) is 0 Å². The van der Waals surface area contributed by atoms with Gasteiger partial charge in [0, 0.05) is 6.42 Å². The second kappa shape index (κ2) is 12.4. The van der Waals surface area contributed by atoms with Gasteiger partial charge in [-0.05, 0) is 16.7 Å². The third-order valence-corrected chi connectivity index (χ3v) is 6.88. The number of hydroxylamine groups is 2. The molecule has 3 aromatic carbocycles. The minimum atomic E-state index is -0.676. The van der Waals surface area contributed by atoms with Crippen LogP contribution < -0.4 is 0 Å². The Labute approximate surface area is 217 Å². The van der Waals surface area contributed by atoms with Crippen LogP contribution in [0.5, 0.6) is 0 Å². The van der Waals surface area contributed by atoms with Gasteiger partial charge in [-0.25, -0.2) is 4.79 Å². The fraction of sp³-hybridized carbons (Fsp3) is 0.367. The summed E-state index contributed by atoms with van der Waals surface area (Å²) in [6, 6.07) is 29.7. The second-order valence-corrected chi connectivity index (χ2v) is 9.37. The molecule has 2 heterocycles. The van der Waals surface area contributed by atoms with E-state index in [0.717, 1.165) is 16.7 Å². The van der Waals surface area contributed by atoms with Crippen molar-refractivity contribution in [2.45, 2.75) is 56.6 Å². The zero-order chi connectivity index (χ0) is 25.5. The summed E-state index contributed by atoms with van der Waals surface area (Å²) in [7, 11) is 1.38. The standard InChI is InChI=1S/C30H33NO6/c1-33-30(32)27-17-25-28(35-19-23-13-7-3-8-14-23)29(36-20-24-15-9-4-10-16-24)26(31(25)37-27)21-34-18-22-11-5-2-6-12-22/h2-16,25-29H,17-21H2,1H3/t25-,26-,27-,28-,29-/m1/s1. The number of ether oxygens (including phenoxy) is 4. The molecule has 0 bridgehead atoms. The van der Waals surface area contributed by atoms with E-state index in [-0.39, 0.29) is 30.3 Å². The lowest BCUT2D eigenvalue weighted by atomic mass is 10.0. The van der Waals surface area contributed by atoms with E-state index in [1.54, 1.807) is 0 Å². The van der Waals surface area contributed by atoms with Crippen LogP contribution in [0.1, 0.15) is 23.1 Å². The highest BCUT2D eigenvalue weighted by Gasteiger charge is 2.57. The molecule has 0 N–H and O–H groups in total.